The molecule has 0 spiro atoms. The number of nitrogens with one attached hydrogen (secondary N) is 1. The highest BCUT2D eigenvalue weighted by Crippen LogP contribution is 2.28. The van der Waals surface area contributed by atoms with E-state index in [2.05, 4.69) is 15.3 Å². The van der Waals surface area contributed by atoms with Gasteiger partial charge in [-0.25, -0.2) is 14.8 Å². The molecule has 0 saturated carbocycles. The second-order valence-corrected chi connectivity index (χ2v) is 4.86. The van der Waals surface area contributed by atoms with Gasteiger partial charge in [0.2, 0.25) is 0 Å². The third-order valence-electron chi connectivity index (χ3n) is 3.66. The fourth-order valence-corrected chi connectivity index (χ4v) is 2.44. The predicted octanol–water partition coefficient (Wildman–Crippen LogP) is 1.68. The van der Waals surface area contributed by atoms with Gasteiger partial charge in [0, 0.05) is 31.4 Å². The summed E-state index contributed by atoms with van der Waals surface area (Å²) in [5.41, 5.74) is -0.229. The summed E-state index contributed by atoms with van der Waals surface area (Å²) in [6, 6.07) is 7.53. The van der Waals surface area contributed by atoms with Crippen molar-refractivity contribution in [1.29, 1.82) is 0 Å². The van der Waals surface area contributed by atoms with Crippen LogP contribution in [0.4, 0.5) is 5.82 Å². The summed E-state index contributed by atoms with van der Waals surface area (Å²) in [7, 11) is 0. The van der Waals surface area contributed by atoms with Gasteiger partial charge in [0.1, 0.15) is 17.7 Å². The molecular weight excluding hydrogens is 258 g/mol. The third-order valence-corrected chi connectivity index (χ3v) is 3.66. The summed E-state index contributed by atoms with van der Waals surface area (Å²) in [6.45, 7) is 0.866. The summed E-state index contributed by atoms with van der Waals surface area (Å²) < 4.78 is 5.26. The van der Waals surface area contributed by atoms with E-state index in [0.29, 0.717) is 31.9 Å². The number of rotatable bonds is 3. The maximum absolute atomic E-state index is 11.7. The topological polar surface area (TPSA) is 84.3 Å². The van der Waals surface area contributed by atoms with Gasteiger partial charge in [-0.1, -0.05) is 12.1 Å². The number of benzene rings is 1. The molecule has 0 unspecified atom stereocenters. The standard InChI is InChI=1S/C14H15N3O3/c18-13(19)14(5-7-20-8-6-14)17-12-10-3-1-2-4-11(10)15-9-16-12/h1-4,9H,5-8H2,(H,18,19)(H,15,16,17). The van der Waals surface area contributed by atoms with Crippen LogP contribution < -0.4 is 5.32 Å². The van der Waals surface area contributed by atoms with Crippen molar-refractivity contribution in [2.24, 2.45) is 0 Å². The molecule has 2 heterocycles. The summed E-state index contributed by atoms with van der Waals surface area (Å²) in [4.78, 5) is 20.0. The number of fused-ring (bicyclic) bond motifs is 1. The molecule has 6 heteroatoms. The van der Waals surface area contributed by atoms with Gasteiger partial charge in [-0.3, -0.25) is 0 Å². The number of carbonyl (C=O) groups is 1. The van der Waals surface area contributed by atoms with Crippen molar-refractivity contribution in [1.82, 2.24) is 9.97 Å². The van der Waals surface area contributed by atoms with Crippen LogP contribution in [-0.4, -0.2) is 39.8 Å². The van der Waals surface area contributed by atoms with Gasteiger partial charge < -0.3 is 15.2 Å². The Bertz CT molecular complexity index is 633. The van der Waals surface area contributed by atoms with Crippen LogP contribution in [0.3, 0.4) is 0 Å². The van der Waals surface area contributed by atoms with Crippen molar-refractivity contribution in [3.63, 3.8) is 0 Å². The van der Waals surface area contributed by atoms with Crippen LogP contribution in [0.15, 0.2) is 30.6 Å². The van der Waals surface area contributed by atoms with Crippen molar-refractivity contribution >= 4 is 22.7 Å². The van der Waals surface area contributed by atoms with E-state index in [9.17, 15) is 9.90 Å². The number of hydrogen-bond donors (Lipinski definition) is 2. The Hall–Kier alpha value is -2.21. The summed E-state index contributed by atoms with van der Waals surface area (Å²) in [5.74, 6) is -0.316. The fourth-order valence-electron chi connectivity index (χ4n) is 2.44. The molecule has 0 atom stereocenters. The van der Waals surface area contributed by atoms with E-state index in [0.717, 1.165) is 10.9 Å². The molecule has 1 aliphatic rings. The normalized spacial score (nSPS) is 17.8. The van der Waals surface area contributed by atoms with Crippen molar-refractivity contribution in [3.05, 3.63) is 30.6 Å². The van der Waals surface area contributed by atoms with Crippen LogP contribution in [0, 0.1) is 0 Å². The molecule has 1 fully saturated rings. The monoisotopic (exact) mass is 273 g/mol. The van der Waals surface area contributed by atoms with Gasteiger partial charge in [-0.15, -0.1) is 0 Å². The summed E-state index contributed by atoms with van der Waals surface area (Å²) in [5, 5.41) is 13.5. The van der Waals surface area contributed by atoms with Crippen LogP contribution in [0.5, 0.6) is 0 Å². The number of para-hydroxylation sites is 1. The van der Waals surface area contributed by atoms with E-state index in [-0.39, 0.29) is 0 Å². The van der Waals surface area contributed by atoms with Crippen LogP contribution in [0.1, 0.15) is 12.8 Å². The third kappa shape index (κ3) is 2.18. The number of anilines is 1. The van der Waals surface area contributed by atoms with Crippen molar-refractivity contribution < 1.29 is 14.6 Å². The van der Waals surface area contributed by atoms with Gasteiger partial charge in [-0.2, -0.15) is 0 Å². The number of carboxylic acids is 1. The van der Waals surface area contributed by atoms with Crippen LogP contribution in [-0.2, 0) is 9.53 Å². The van der Waals surface area contributed by atoms with Gasteiger partial charge in [-0.05, 0) is 12.1 Å². The second kappa shape index (κ2) is 5.05. The Morgan fingerprint density at radius 3 is 2.75 bits per heavy atom. The number of hydrogen-bond acceptors (Lipinski definition) is 5. The first-order valence-corrected chi connectivity index (χ1v) is 6.50. The minimum Gasteiger partial charge on any atom is -0.480 e. The molecule has 0 radical (unpaired) electrons. The first-order valence-electron chi connectivity index (χ1n) is 6.50. The molecule has 20 heavy (non-hydrogen) atoms. The average Bonchev–Trinajstić information content (AvgIpc) is 2.48. The molecule has 0 bridgehead atoms. The Morgan fingerprint density at radius 1 is 1.25 bits per heavy atom. The molecule has 3 rings (SSSR count). The molecule has 2 aromatic rings. The molecule has 1 aromatic carbocycles. The number of aromatic nitrogens is 2. The van der Waals surface area contributed by atoms with Gasteiger partial charge in [0.05, 0.1) is 5.52 Å². The fraction of sp³-hybridized carbons (Fsp3) is 0.357. The van der Waals surface area contributed by atoms with Crippen LogP contribution in [0.2, 0.25) is 0 Å². The Labute approximate surface area is 115 Å². The first-order chi connectivity index (χ1) is 9.71. The lowest BCUT2D eigenvalue weighted by Crippen LogP contribution is -2.50. The quantitative estimate of drug-likeness (QED) is 0.885. The number of nitrogens with zero attached hydrogens (tertiary/aromatic N) is 2. The lowest BCUT2D eigenvalue weighted by atomic mass is 9.90. The van der Waals surface area contributed by atoms with Crippen molar-refractivity contribution in [2.45, 2.75) is 18.4 Å². The van der Waals surface area contributed by atoms with E-state index in [1.165, 1.54) is 6.33 Å². The SMILES string of the molecule is O=C(O)C1(Nc2ncnc3ccccc23)CCOCC1. The highest BCUT2D eigenvalue weighted by molar-refractivity contribution is 5.92. The average molecular weight is 273 g/mol. The smallest absolute Gasteiger partial charge is 0.329 e. The zero-order valence-electron chi connectivity index (χ0n) is 10.9. The summed E-state index contributed by atoms with van der Waals surface area (Å²) >= 11 is 0. The number of ether oxygens (including phenoxy) is 1. The zero-order chi connectivity index (χ0) is 14.0. The number of carboxylic acid groups (broad SMARTS) is 1. The van der Waals surface area contributed by atoms with E-state index in [4.69, 9.17) is 4.74 Å². The van der Waals surface area contributed by atoms with Gasteiger partial charge in [0.25, 0.3) is 0 Å². The molecule has 2 N–H and O–H groups in total. The highest BCUT2D eigenvalue weighted by atomic mass is 16.5. The largest absolute Gasteiger partial charge is 0.480 e. The molecule has 1 aromatic heterocycles. The van der Waals surface area contributed by atoms with E-state index >= 15 is 0 Å². The Morgan fingerprint density at radius 2 is 2.00 bits per heavy atom. The molecule has 6 nitrogen and oxygen atoms in total. The maximum atomic E-state index is 11.7. The zero-order valence-corrected chi connectivity index (χ0v) is 10.9. The molecular formula is C14H15N3O3. The van der Waals surface area contributed by atoms with Gasteiger partial charge in [0.15, 0.2) is 0 Å². The predicted molar refractivity (Wildman–Crippen MR) is 73.6 cm³/mol. The minimum atomic E-state index is -1.02. The molecule has 1 aliphatic heterocycles. The van der Waals surface area contributed by atoms with E-state index in [1.54, 1.807) is 0 Å². The molecule has 0 aliphatic carbocycles. The Kier molecular flexibility index (Phi) is 3.23. The highest BCUT2D eigenvalue weighted by Gasteiger charge is 2.40. The second-order valence-electron chi connectivity index (χ2n) is 4.86. The molecule has 1 saturated heterocycles. The number of aliphatic carboxylic acids is 1. The lowest BCUT2D eigenvalue weighted by molar-refractivity contribution is -0.145. The van der Waals surface area contributed by atoms with Crippen LogP contribution >= 0.6 is 0 Å². The van der Waals surface area contributed by atoms with E-state index < -0.39 is 11.5 Å². The van der Waals surface area contributed by atoms with Gasteiger partial charge >= 0.3 is 5.97 Å². The van der Waals surface area contributed by atoms with Crippen molar-refractivity contribution in [3.8, 4) is 0 Å². The first kappa shape index (κ1) is 12.8. The van der Waals surface area contributed by atoms with Crippen molar-refractivity contribution in [2.75, 3.05) is 18.5 Å². The minimum absolute atomic E-state index is 0.417. The molecule has 104 valence electrons. The van der Waals surface area contributed by atoms with Crippen LogP contribution in [0.25, 0.3) is 10.9 Å². The Balaban J connectivity index is 2.00. The summed E-state index contributed by atoms with van der Waals surface area (Å²) in [6.07, 6.45) is 2.28. The maximum Gasteiger partial charge on any atom is 0.329 e. The molecule has 0 amide bonds. The lowest BCUT2D eigenvalue weighted by Gasteiger charge is -2.34. The van der Waals surface area contributed by atoms with E-state index in [1.807, 2.05) is 24.3 Å².